The molecule has 8 nitrogen and oxygen atoms in total. The second-order valence-corrected chi connectivity index (χ2v) is 7.43. The average Bonchev–Trinajstić information content (AvgIpc) is 3.20. The maximum Gasteiger partial charge on any atom is 0.246 e. The van der Waals surface area contributed by atoms with E-state index in [2.05, 4.69) is 26.4 Å². The van der Waals surface area contributed by atoms with Gasteiger partial charge in [-0.3, -0.25) is 14.5 Å². The second kappa shape index (κ2) is 10.3. The summed E-state index contributed by atoms with van der Waals surface area (Å²) in [5.74, 6) is 0.788. The number of aromatic nitrogens is 2. The van der Waals surface area contributed by atoms with Crippen LogP contribution in [-0.4, -0.2) is 66.4 Å². The number of benzene rings is 1. The van der Waals surface area contributed by atoms with Crippen molar-refractivity contribution >= 4 is 41.5 Å². The number of anilines is 1. The Morgan fingerprint density at radius 3 is 2.93 bits per heavy atom. The first kappa shape index (κ1) is 22.5. The Morgan fingerprint density at radius 1 is 1.33 bits per heavy atom. The van der Waals surface area contributed by atoms with E-state index >= 15 is 0 Å². The van der Waals surface area contributed by atoms with E-state index in [1.165, 1.54) is 5.56 Å². The number of halogens is 1. The van der Waals surface area contributed by atoms with Gasteiger partial charge in [0.05, 0.1) is 25.9 Å². The highest BCUT2D eigenvalue weighted by Gasteiger charge is 2.26. The van der Waals surface area contributed by atoms with Crippen molar-refractivity contribution in [1.82, 2.24) is 20.0 Å². The highest BCUT2D eigenvalue weighted by atomic mass is 127. The first-order chi connectivity index (χ1) is 14.2. The lowest BCUT2D eigenvalue weighted by Gasteiger charge is -2.35. The second-order valence-electron chi connectivity index (χ2n) is 7.43. The van der Waals surface area contributed by atoms with Crippen molar-refractivity contribution in [3.63, 3.8) is 0 Å². The van der Waals surface area contributed by atoms with E-state index in [9.17, 15) is 4.79 Å². The van der Waals surface area contributed by atoms with Gasteiger partial charge in [0.2, 0.25) is 5.91 Å². The lowest BCUT2D eigenvalue weighted by Crippen LogP contribution is -2.51. The SMILES string of the molecule is CN=C(NCC(=O)N1CCCc2ccccc21)N1CCOC(c2cnn(C)c2)C1.I. The lowest BCUT2D eigenvalue weighted by molar-refractivity contribution is -0.117. The third-order valence-electron chi connectivity index (χ3n) is 5.48. The third-order valence-corrected chi connectivity index (χ3v) is 5.48. The van der Waals surface area contributed by atoms with Crippen LogP contribution in [0, 0.1) is 0 Å². The van der Waals surface area contributed by atoms with Gasteiger partial charge in [-0.2, -0.15) is 5.10 Å². The molecule has 2 aliphatic rings. The summed E-state index contributed by atoms with van der Waals surface area (Å²) in [5, 5.41) is 7.49. The summed E-state index contributed by atoms with van der Waals surface area (Å²) in [4.78, 5) is 21.3. The van der Waals surface area contributed by atoms with Crippen LogP contribution in [0.1, 0.15) is 23.7 Å². The number of morpholine rings is 1. The summed E-state index contributed by atoms with van der Waals surface area (Å²) in [6.45, 7) is 2.99. The Morgan fingerprint density at radius 2 is 2.17 bits per heavy atom. The number of amides is 1. The smallest absolute Gasteiger partial charge is 0.246 e. The molecule has 2 aliphatic heterocycles. The Labute approximate surface area is 194 Å². The fourth-order valence-electron chi connectivity index (χ4n) is 4.02. The minimum absolute atomic E-state index is 0. The largest absolute Gasteiger partial charge is 0.370 e. The Balaban J connectivity index is 0.00000256. The van der Waals surface area contributed by atoms with Crippen LogP contribution in [0.3, 0.4) is 0 Å². The number of aliphatic imine (C=N–C) groups is 1. The van der Waals surface area contributed by atoms with Crippen LogP contribution >= 0.6 is 24.0 Å². The Kier molecular flexibility index (Phi) is 7.70. The van der Waals surface area contributed by atoms with Crippen molar-refractivity contribution in [2.24, 2.45) is 12.0 Å². The van der Waals surface area contributed by atoms with Gasteiger partial charge >= 0.3 is 0 Å². The van der Waals surface area contributed by atoms with Crippen molar-refractivity contribution in [3.05, 3.63) is 47.8 Å². The quantitative estimate of drug-likeness (QED) is 0.378. The normalized spacial score (nSPS) is 19.1. The number of aryl methyl sites for hydroxylation is 2. The van der Waals surface area contributed by atoms with Crippen LogP contribution in [-0.2, 0) is 23.0 Å². The molecule has 2 aromatic rings. The predicted molar refractivity (Wildman–Crippen MR) is 127 cm³/mol. The number of hydrogen-bond acceptors (Lipinski definition) is 4. The molecule has 0 spiro atoms. The van der Waals surface area contributed by atoms with E-state index in [4.69, 9.17) is 4.74 Å². The zero-order valence-corrected chi connectivity index (χ0v) is 19.8. The van der Waals surface area contributed by atoms with Crippen LogP contribution in [0.4, 0.5) is 5.69 Å². The molecular weight excluding hydrogens is 495 g/mol. The number of carbonyl (C=O) groups is 1. The van der Waals surface area contributed by atoms with E-state index in [0.717, 1.165) is 43.1 Å². The van der Waals surface area contributed by atoms with Gasteiger partial charge in [-0.25, -0.2) is 0 Å². The number of nitrogens with one attached hydrogen (secondary N) is 1. The van der Waals surface area contributed by atoms with Gasteiger partial charge in [-0.05, 0) is 24.5 Å². The summed E-state index contributed by atoms with van der Waals surface area (Å²) < 4.78 is 7.69. The van der Waals surface area contributed by atoms with E-state index in [0.29, 0.717) is 13.2 Å². The van der Waals surface area contributed by atoms with Crippen molar-refractivity contribution in [3.8, 4) is 0 Å². The number of nitrogens with zero attached hydrogens (tertiary/aromatic N) is 5. The number of carbonyl (C=O) groups excluding carboxylic acids is 1. The van der Waals surface area contributed by atoms with E-state index < -0.39 is 0 Å². The third kappa shape index (κ3) is 4.94. The Bertz CT molecular complexity index is 899. The number of hydrogen-bond donors (Lipinski definition) is 1. The molecule has 30 heavy (non-hydrogen) atoms. The van der Waals surface area contributed by atoms with Gasteiger partial charge in [0.15, 0.2) is 5.96 Å². The fourth-order valence-corrected chi connectivity index (χ4v) is 4.02. The molecule has 1 atom stereocenters. The molecular formula is C21H29IN6O2. The maximum atomic E-state index is 12.9. The van der Waals surface area contributed by atoms with Gasteiger partial charge in [0.25, 0.3) is 0 Å². The number of ether oxygens (including phenoxy) is 1. The molecule has 1 fully saturated rings. The summed E-state index contributed by atoms with van der Waals surface area (Å²) >= 11 is 0. The first-order valence-electron chi connectivity index (χ1n) is 10.1. The van der Waals surface area contributed by atoms with Crippen LogP contribution in [0.5, 0.6) is 0 Å². The molecule has 1 amide bonds. The van der Waals surface area contributed by atoms with Crippen LogP contribution in [0.15, 0.2) is 41.7 Å². The molecule has 1 aromatic carbocycles. The summed E-state index contributed by atoms with van der Waals surface area (Å²) in [6, 6.07) is 8.15. The monoisotopic (exact) mass is 524 g/mol. The minimum Gasteiger partial charge on any atom is -0.370 e. The molecule has 9 heteroatoms. The van der Waals surface area contributed by atoms with Gasteiger partial charge in [0.1, 0.15) is 6.10 Å². The molecule has 0 radical (unpaired) electrons. The fraction of sp³-hybridized carbons (Fsp3) is 0.476. The van der Waals surface area contributed by atoms with Crippen LogP contribution < -0.4 is 10.2 Å². The topological polar surface area (TPSA) is 75.0 Å². The highest BCUT2D eigenvalue weighted by molar-refractivity contribution is 14.0. The molecule has 1 unspecified atom stereocenters. The van der Waals surface area contributed by atoms with Crippen molar-refractivity contribution in [2.75, 3.05) is 44.7 Å². The molecule has 1 N–H and O–H groups in total. The zero-order valence-electron chi connectivity index (χ0n) is 17.5. The standard InChI is InChI=1S/C21H28N6O2.HI/c1-22-21(26-10-11-29-19(15-26)17-12-24-25(2)14-17)23-13-20(28)27-9-5-7-16-6-3-4-8-18(16)27;/h3-4,6,8,12,14,19H,5,7,9-11,13,15H2,1-2H3,(H,22,23);1H. The van der Waals surface area contributed by atoms with Crippen molar-refractivity contribution in [2.45, 2.75) is 18.9 Å². The predicted octanol–water partition coefficient (Wildman–Crippen LogP) is 1.97. The molecule has 3 heterocycles. The van der Waals surface area contributed by atoms with Crippen molar-refractivity contribution < 1.29 is 9.53 Å². The lowest BCUT2D eigenvalue weighted by atomic mass is 10.0. The van der Waals surface area contributed by atoms with Crippen molar-refractivity contribution in [1.29, 1.82) is 0 Å². The summed E-state index contributed by atoms with van der Waals surface area (Å²) in [7, 11) is 3.65. The number of guanidine groups is 1. The van der Waals surface area contributed by atoms with E-state index in [-0.39, 0.29) is 42.5 Å². The summed E-state index contributed by atoms with van der Waals surface area (Å²) in [6.07, 6.45) is 5.77. The number of rotatable bonds is 3. The number of para-hydroxylation sites is 1. The minimum atomic E-state index is -0.0549. The van der Waals surface area contributed by atoms with Crippen LogP contribution in [0.25, 0.3) is 0 Å². The molecule has 0 aliphatic carbocycles. The first-order valence-corrected chi connectivity index (χ1v) is 10.1. The van der Waals surface area contributed by atoms with Gasteiger partial charge < -0.3 is 19.9 Å². The summed E-state index contributed by atoms with van der Waals surface area (Å²) in [5.41, 5.74) is 3.32. The van der Waals surface area contributed by atoms with E-state index in [1.54, 1.807) is 11.7 Å². The van der Waals surface area contributed by atoms with Gasteiger partial charge in [0, 0.05) is 44.6 Å². The Hall–Kier alpha value is -2.14. The molecule has 0 saturated carbocycles. The average molecular weight is 524 g/mol. The van der Waals surface area contributed by atoms with Gasteiger partial charge in [-0.1, -0.05) is 18.2 Å². The van der Waals surface area contributed by atoms with E-state index in [1.807, 2.05) is 42.5 Å². The molecule has 4 rings (SSSR count). The molecule has 1 saturated heterocycles. The van der Waals surface area contributed by atoms with Crippen LogP contribution in [0.2, 0.25) is 0 Å². The molecule has 162 valence electrons. The molecule has 0 bridgehead atoms. The van der Waals surface area contributed by atoms with Gasteiger partial charge in [-0.15, -0.1) is 24.0 Å². The molecule has 1 aromatic heterocycles. The maximum absolute atomic E-state index is 12.9. The highest BCUT2D eigenvalue weighted by Crippen LogP contribution is 2.26. The zero-order chi connectivity index (χ0) is 20.2. The number of fused-ring (bicyclic) bond motifs is 1.